The molecule has 8 nitrogen and oxygen atoms in total. The molecule has 0 radical (unpaired) electrons. The minimum atomic E-state index is -0.794. The van der Waals surface area contributed by atoms with Gasteiger partial charge in [0.25, 0.3) is 5.91 Å². The first-order valence-corrected chi connectivity index (χ1v) is 10.9. The van der Waals surface area contributed by atoms with Crippen molar-refractivity contribution in [3.63, 3.8) is 0 Å². The number of carbonyl (C=O) groups excluding carboxylic acids is 1. The van der Waals surface area contributed by atoms with Crippen LogP contribution in [0, 0.1) is 13.8 Å². The summed E-state index contributed by atoms with van der Waals surface area (Å²) >= 11 is 0. The van der Waals surface area contributed by atoms with E-state index in [4.69, 9.17) is 9.52 Å². The van der Waals surface area contributed by atoms with Crippen LogP contribution in [0.15, 0.2) is 41.3 Å². The summed E-state index contributed by atoms with van der Waals surface area (Å²) in [5.41, 5.74) is 6.22. The van der Waals surface area contributed by atoms with Gasteiger partial charge in [0.1, 0.15) is 12.4 Å². The van der Waals surface area contributed by atoms with Crippen molar-refractivity contribution in [3.05, 3.63) is 54.0 Å². The molecule has 33 heavy (non-hydrogen) atoms. The summed E-state index contributed by atoms with van der Waals surface area (Å²) in [6, 6.07) is 7.96. The zero-order chi connectivity index (χ0) is 23.1. The number of benzene rings is 1. The van der Waals surface area contributed by atoms with E-state index in [0.717, 1.165) is 39.2 Å². The fourth-order valence-corrected chi connectivity index (χ4v) is 4.51. The zero-order valence-electron chi connectivity index (χ0n) is 18.8. The molecule has 0 aliphatic carbocycles. The van der Waals surface area contributed by atoms with Crippen LogP contribution in [0.1, 0.15) is 34.7 Å². The second-order valence-electron chi connectivity index (χ2n) is 8.49. The Morgan fingerprint density at radius 3 is 2.55 bits per heavy atom. The first-order valence-electron chi connectivity index (χ1n) is 10.9. The van der Waals surface area contributed by atoms with Crippen LogP contribution in [-0.4, -0.2) is 44.9 Å². The van der Waals surface area contributed by atoms with E-state index in [2.05, 4.69) is 20.2 Å². The van der Waals surface area contributed by atoms with Gasteiger partial charge in [0.05, 0.1) is 22.6 Å². The van der Waals surface area contributed by atoms with Gasteiger partial charge in [0.2, 0.25) is 0 Å². The number of anilines is 2. The smallest absolute Gasteiger partial charge is 0.277 e. The molecule has 0 saturated carbocycles. The third kappa shape index (κ3) is 4.06. The lowest BCUT2D eigenvalue weighted by Crippen LogP contribution is -2.35. The minimum absolute atomic E-state index is 0.190. The van der Waals surface area contributed by atoms with E-state index in [-0.39, 0.29) is 11.6 Å². The van der Waals surface area contributed by atoms with Crippen LogP contribution in [0.5, 0.6) is 0 Å². The predicted molar refractivity (Wildman–Crippen MR) is 124 cm³/mol. The Balaban J connectivity index is 1.65. The van der Waals surface area contributed by atoms with Gasteiger partial charge in [-0.3, -0.25) is 14.5 Å². The van der Waals surface area contributed by atoms with Gasteiger partial charge in [-0.2, -0.15) is 5.10 Å². The quantitative estimate of drug-likeness (QED) is 0.497. The van der Waals surface area contributed by atoms with Crippen LogP contribution < -0.4 is 10.2 Å². The molecular formula is C24H25FN6O2. The molecule has 0 unspecified atom stereocenters. The Morgan fingerprint density at radius 2 is 1.88 bits per heavy atom. The van der Waals surface area contributed by atoms with Crippen molar-refractivity contribution in [3.8, 4) is 11.3 Å². The second-order valence-corrected chi connectivity index (χ2v) is 8.49. The van der Waals surface area contributed by atoms with Crippen LogP contribution in [0.3, 0.4) is 0 Å². The predicted octanol–water partition coefficient (Wildman–Crippen LogP) is 4.43. The van der Waals surface area contributed by atoms with Crippen molar-refractivity contribution >= 4 is 28.2 Å². The van der Waals surface area contributed by atoms with Crippen LogP contribution in [-0.2, 0) is 7.05 Å². The fraction of sp³-hybridized carbons (Fsp3) is 0.333. The van der Waals surface area contributed by atoms with Gasteiger partial charge in [-0.25, -0.2) is 9.37 Å². The van der Waals surface area contributed by atoms with Gasteiger partial charge >= 0.3 is 0 Å². The molecule has 3 aromatic heterocycles. The number of piperidine rings is 1. The van der Waals surface area contributed by atoms with E-state index in [1.54, 1.807) is 0 Å². The number of nitrogens with one attached hydrogen (secondary N) is 1. The third-order valence-corrected chi connectivity index (χ3v) is 5.98. The lowest BCUT2D eigenvalue weighted by atomic mass is 10.0. The maximum absolute atomic E-state index is 13.8. The number of amides is 1. The molecule has 0 spiro atoms. The number of carbonyl (C=O) groups is 1. The number of rotatable bonds is 4. The van der Waals surface area contributed by atoms with Crippen LogP contribution in [0.4, 0.5) is 15.8 Å². The fourth-order valence-electron chi connectivity index (χ4n) is 4.51. The SMILES string of the molecule is Cc1cc(-c2c3cc(NC(=O)c4cocn4)c(N4CCC(F)CC4)cc3nn2C)cc(C)n1. The Morgan fingerprint density at radius 1 is 1.15 bits per heavy atom. The van der Waals surface area contributed by atoms with Crippen molar-refractivity contribution < 1.29 is 13.6 Å². The van der Waals surface area contributed by atoms with Gasteiger partial charge < -0.3 is 14.6 Å². The monoisotopic (exact) mass is 448 g/mol. The molecule has 1 aromatic carbocycles. The minimum Gasteiger partial charge on any atom is -0.451 e. The van der Waals surface area contributed by atoms with Gasteiger partial charge in [-0.15, -0.1) is 0 Å². The van der Waals surface area contributed by atoms with Crippen molar-refractivity contribution in [2.24, 2.45) is 7.05 Å². The average molecular weight is 449 g/mol. The van der Waals surface area contributed by atoms with Crippen molar-refractivity contribution in [1.82, 2.24) is 19.7 Å². The highest BCUT2D eigenvalue weighted by atomic mass is 19.1. The summed E-state index contributed by atoms with van der Waals surface area (Å²) in [6.07, 6.45) is 2.64. The number of aryl methyl sites for hydroxylation is 3. The van der Waals surface area contributed by atoms with Gasteiger partial charge in [0.15, 0.2) is 12.1 Å². The summed E-state index contributed by atoms with van der Waals surface area (Å²) in [6.45, 7) is 5.07. The van der Waals surface area contributed by atoms with E-state index < -0.39 is 6.17 Å². The van der Waals surface area contributed by atoms with Crippen LogP contribution in [0.2, 0.25) is 0 Å². The number of nitrogens with zero attached hydrogens (tertiary/aromatic N) is 5. The summed E-state index contributed by atoms with van der Waals surface area (Å²) in [7, 11) is 1.91. The highest BCUT2D eigenvalue weighted by Crippen LogP contribution is 2.37. The largest absolute Gasteiger partial charge is 0.451 e. The van der Waals surface area contributed by atoms with E-state index in [1.165, 1.54) is 12.7 Å². The Bertz CT molecular complexity index is 1300. The Kier molecular flexibility index (Phi) is 5.32. The normalized spacial score (nSPS) is 14.7. The lowest BCUT2D eigenvalue weighted by Gasteiger charge is -2.32. The number of pyridine rings is 1. The molecular weight excluding hydrogens is 423 g/mol. The van der Waals surface area contributed by atoms with E-state index in [1.807, 2.05) is 49.8 Å². The first-order chi connectivity index (χ1) is 15.9. The molecule has 1 saturated heterocycles. The number of oxazole rings is 1. The highest BCUT2D eigenvalue weighted by Gasteiger charge is 2.24. The topological polar surface area (TPSA) is 89.1 Å². The maximum atomic E-state index is 13.8. The number of alkyl halides is 1. The van der Waals surface area contributed by atoms with Crippen molar-refractivity contribution in [1.29, 1.82) is 0 Å². The summed E-state index contributed by atoms with van der Waals surface area (Å²) < 4.78 is 20.6. The number of aromatic nitrogens is 4. The zero-order valence-corrected chi connectivity index (χ0v) is 18.8. The highest BCUT2D eigenvalue weighted by molar-refractivity contribution is 6.07. The molecule has 4 aromatic rings. The number of hydrogen-bond acceptors (Lipinski definition) is 6. The molecule has 0 bridgehead atoms. The molecule has 1 N–H and O–H groups in total. The summed E-state index contributed by atoms with van der Waals surface area (Å²) in [4.78, 5) is 23.3. The summed E-state index contributed by atoms with van der Waals surface area (Å²) in [5, 5.41) is 8.63. The molecule has 1 aliphatic rings. The van der Waals surface area contributed by atoms with Crippen molar-refractivity contribution in [2.75, 3.05) is 23.3 Å². The number of halogens is 1. The van der Waals surface area contributed by atoms with E-state index in [0.29, 0.717) is 31.6 Å². The van der Waals surface area contributed by atoms with Gasteiger partial charge in [-0.1, -0.05) is 0 Å². The van der Waals surface area contributed by atoms with E-state index >= 15 is 0 Å². The number of fused-ring (bicyclic) bond motifs is 1. The van der Waals surface area contributed by atoms with Crippen LogP contribution in [0.25, 0.3) is 22.2 Å². The number of hydrogen-bond donors (Lipinski definition) is 1. The van der Waals surface area contributed by atoms with E-state index in [9.17, 15) is 9.18 Å². The van der Waals surface area contributed by atoms with Crippen molar-refractivity contribution in [2.45, 2.75) is 32.9 Å². The molecule has 1 aliphatic heterocycles. The maximum Gasteiger partial charge on any atom is 0.277 e. The molecule has 170 valence electrons. The Hall–Kier alpha value is -3.75. The average Bonchev–Trinajstić information content (AvgIpc) is 3.40. The Labute approximate surface area is 190 Å². The van der Waals surface area contributed by atoms with Crippen LogP contribution >= 0.6 is 0 Å². The summed E-state index contributed by atoms with van der Waals surface area (Å²) in [5.74, 6) is -0.370. The van der Waals surface area contributed by atoms with Gasteiger partial charge in [0, 0.05) is 42.5 Å². The van der Waals surface area contributed by atoms with Gasteiger partial charge in [-0.05, 0) is 51.0 Å². The molecule has 5 rings (SSSR count). The second kappa shape index (κ2) is 8.31. The standard InChI is InChI=1S/C24H25FN6O2/c1-14-8-16(9-15(2)27-14)23-18-10-20(28-24(32)21-12-33-13-26-21)22(11-19(18)29-30(23)3)31-6-4-17(25)5-7-31/h8-13,17H,4-7H2,1-3H3,(H,28,32). The molecule has 9 heteroatoms. The molecule has 4 heterocycles. The molecule has 1 amide bonds. The molecule has 0 atom stereocenters. The molecule has 1 fully saturated rings. The first kappa shape index (κ1) is 21.1. The lowest BCUT2D eigenvalue weighted by molar-refractivity contribution is 0.102. The third-order valence-electron chi connectivity index (χ3n) is 5.98.